The molecule has 3 nitrogen and oxygen atoms in total. The molecule has 3 heteroatoms. The fourth-order valence-corrected chi connectivity index (χ4v) is 3.12. The summed E-state index contributed by atoms with van der Waals surface area (Å²) in [6.07, 6.45) is 4.05. The van der Waals surface area contributed by atoms with Gasteiger partial charge in [0.15, 0.2) is 17.6 Å². The number of aromatic hydroxyl groups is 1. The maximum Gasteiger partial charge on any atom is 0.162 e. The topological polar surface area (TPSA) is 38.7 Å². The molecule has 3 aromatic carbocycles. The predicted molar refractivity (Wildman–Crippen MR) is 102 cm³/mol. The van der Waals surface area contributed by atoms with Crippen LogP contribution in [0.4, 0.5) is 0 Å². The molecule has 1 aliphatic heterocycles. The first-order valence-corrected chi connectivity index (χ1v) is 8.87. The Morgan fingerprint density at radius 3 is 2.54 bits per heavy atom. The molecule has 3 aromatic rings. The molecule has 1 aliphatic rings. The highest BCUT2D eigenvalue weighted by atomic mass is 16.6. The summed E-state index contributed by atoms with van der Waals surface area (Å²) in [6, 6.07) is 23.6. The molecule has 0 saturated carbocycles. The third-order valence-electron chi connectivity index (χ3n) is 4.55. The molecule has 1 atom stereocenters. The summed E-state index contributed by atoms with van der Waals surface area (Å²) in [7, 11) is 0. The maximum absolute atomic E-state index is 9.41. The minimum atomic E-state index is -0.152. The van der Waals surface area contributed by atoms with Gasteiger partial charge >= 0.3 is 0 Å². The average Bonchev–Trinajstić information content (AvgIpc) is 2.69. The van der Waals surface area contributed by atoms with Gasteiger partial charge in [-0.2, -0.15) is 0 Å². The lowest BCUT2D eigenvalue weighted by Gasteiger charge is -2.27. The number of hydrogen-bond acceptors (Lipinski definition) is 3. The molecule has 0 saturated heterocycles. The smallest absolute Gasteiger partial charge is 0.162 e. The quantitative estimate of drug-likeness (QED) is 0.700. The standard InChI is InChI=1S/C23H21O3/c24-20-12-10-19(11-13-20)23-16-25-22-15-18(9-14-21(22)26-23)8-4-7-17-5-2-1-3-6-17/h1-3,5-7,9-15,23-24H,4,8,16H2/t23-/m1/s1. The Morgan fingerprint density at radius 1 is 0.923 bits per heavy atom. The monoisotopic (exact) mass is 345 g/mol. The average molecular weight is 345 g/mol. The fraction of sp³-hybridized carbons (Fsp3) is 0.174. The van der Waals surface area contributed by atoms with Crippen LogP contribution in [0.1, 0.15) is 29.2 Å². The van der Waals surface area contributed by atoms with E-state index in [1.807, 2.05) is 24.3 Å². The van der Waals surface area contributed by atoms with E-state index in [-0.39, 0.29) is 11.9 Å². The highest BCUT2D eigenvalue weighted by Gasteiger charge is 2.22. The third-order valence-corrected chi connectivity index (χ3v) is 4.55. The van der Waals surface area contributed by atoms with Crippen LogP contribution in [0.5, 0.6) is 17.2 Å². The van der Waals surface area contributed by atoms with Crippen LogP contribution < -0.4 is 9.47 Å². The van der Waals surface area contributed by atoms with Gasteiger partial charge in [-0.05, 0) is 60.2 Å². The van der Waals surface area contributed by atoms with Crippen LogP contribution in [0.3, 0.4) is 0 Å². The lowest BCUT2D eigenvalue weighted by atomic mass is 10.0. The van der Waals surface area contributed by atoms with Gasteiger partial charge < -0.3 is 14.6 Å². The van der Waals surface area contributed by atoms with Gasteiger partial charge in [0, 0.05) is 0 Å². The Hall–Kier alpha value is -2.94. The summed E-state index contributed by atoms with van der Waals surface area (Å²) >= 11 is 0. The number of aryl methyl sites for hydroxylation is 1. The number of hydrogen-bond donors (Lipinski definition) is 1. The van der Waals surface area contributed by atoms with Crippen LogP contribution >= 0.6 is 0 Å². The Bertz CT molecular complexity index is 856. The zero-order chi connectivity index (χ0) is 17.8. The van der Waals surface area contributed by atoms with Gasteiger partial charge in [0.05, 0.1) is 0 Å². The molecule has 0 bridgehead atoms. The van der Waals surface area contributed by atoms with Crippen molar-refractivity contribution in [2.75, 3.05) is 6.61 Å². The number of phenols is 1. The Balaban J connectivity index is 1.38. The molecule has 0 spiro atoms. The van der Waals surface area contributed by atoms with Crippen LogP contribution in [-0.2, 0) is 6.42 Å². The van der Waals surface area contributed by atoms with Crippen LogP contribution in [0.2, 0.25) is 0 Å². The predicted octanol–water partition coefficient (Wildman–Crippen LogP) is 5.09. The van der Waals surface area contributed by atoms with Gasteiger partial charge in [0.25, 0.3) is 0 Å². The lowest BCUT2D eigenvalue weighted by Crippen LogP contribution is -2.21. The molecular weight excluding hydrogens is 324 g/mol. The molecule has 26 heavy (non-hydrogen) atoms. The van der Waals surface area contributed by atoms with Crippen LogP contribution in [0.25, 0.3) is 0 Å². The molecular formula is C23H21O3. The van der Waals surface area contributed by atoms with Gasteiger partial charge in [-0.15, -0.1) is 0 Å². The maximum atomic E-state index is 9.41. The van der Waals surface area contributed by atoms with Crippen molar-refractivity contribution in [1.29, 1.82) is 0 Å². The first-order chi connectivity index (χ1) is 12.8. The molecule has 0 amide bonds. The van der Waals surface area contributed by atoms with Crippen molar-refractivity contribution in [3.8, 4) is 17.2 Å². The third kappa shape index (κ3) is 3.83. The number of benzene rings is 3. The van der Waals surface area contributed by atoms with E-state index >= 15 is 0 Å². The summed E-state index contributed by atoms with van der Waals surface area (Å²) in [5.74, 6) is 1.82. The first kappa shape index (κ1) is 16.5. The number of fused-ring (bicyclic) bond motifs is 1. The van der Waals surface area contributed by atoms with Crippen LogP contribution in [0.15, 0.2) is 72.8 Å². The minimum Gasteiger partial charge on any atom is -0.508 e. The zero-order valence-corrected chi connectivity index (χ0v) is 14.5. The Morgan fingerprint density at radius 2 is 1.73 bits per heavy atom. The van der Waals surface area contributed by atoms with Gasteiger partial charge in [0.1, 0.15) is 12.4 Å². The minimum absolute atomic E-state index is 0.152. The van der Waals surface area contributed by atoms with E-state index in [9.17, 15) is 5.11 Å². The van der Waals surface area contributed by atoms with Gasteiger partial charge in [-0.25, -0.2) is 0 Å². The van der Waals surface area contributed by atoms with Crippen molar-refractivity contribution in [1.82, 2.24) is 0 Å². The van der Waals surface area contributed by atoms with Crippen molar-refractivity contribution in [2.24, 2.45) is 0 Å². The molecule has 131 valence electrons. The summed E-state index contributed by atoms with van der Waals surface area (Å²) in [4.78, 5) is 0. The summed E-state index contributed by atoms with van der Waals surface area (Å²) < 4.78 is 12.0. The number of ether oxygens (including phenoxy) is 2. The molecule has 0 aliphatic carbocycles. The second-order valence-corrected chi connectivity index (χ2v) is 6.44. The van der Waals surface area contributed by atoms with E-state index in [1.54, 1.807) is 12.1 Å². The molecule has 1 radical (unpaired) electrons. The largest absolute Gasteiger partial charge is 0.508 e. The highest BCUT2D eigenvalue weighted by Crippen LogP contribution is 2.37. The number of rotatable bonds is 5. The van der Waals surface area contributed by atoms with Crippen LogP contribution in [0, 0.1) is 6.42 Å². The van der Waals surface area contributed by atoms with Gasteiger partial charge in [-0.3, -0.25) is 0 Å². The lowest BCUT2D eigenvalue weighted by molar-refractivity contribution is 0.0911. The van der Waals surface area contributed by atoms with E-state index < -0.39 is 0 Å². The van der Waals surface area contributed by atoms with E-state index in [4.69, 9.17) is 9.47 Å². The first-order valence-electron chi connectivity index (χ1n) is 8.87. The van der Waals surface area contributed by atoms with E-state index in [0.717, 1.165) is 29.9 Å². The second kappa shape index (κ2) is 7.52. The van der Waals surface area contributed by atoms with E-state index in [0.29, 0.717) is 6.61 Å². The van der Waals surface area contributed by atoms with Gasteiger partial charge in [-0.1, -0.05) is 48.5 Å². The van der Waals surface area contributed by atoms with E-state index in [2.05, 4.69) is 42.8 Å². The van der Waals surface area contributed by atoms with Crippen LogP contribution in [-0.4, -0.2) is 11.7 Å². The number of phenolic OH excluding ortho intramolecular Hbond substituents is 1. The van der Waals surface area contributed by atoms with Crippen molar-refractivity contribution >= 4 is 0 Å². The molecule has 4 rings (SSSR count). The summed E-state index contributed by atoms with van der Waals surface area (Å²) in [5, 5.41) is 9.41. The van der Waals surface area contributed by atoms with Crippen molar-refractivity contribution in [3.05, 3.63) is 95.9 Å². The van der Waals surface area contributed by atoms with E-state index in [1.165, 1.54) is 11.1 Å². The van der Waals surface area contributed by atoms with Crippen molar-refractivity contribution < 1.29 is 14.6 Å². The Labute approximate surface area is 153 Å². The van der Waals surface area contributed by atoms with Crippen molar-refractivity contribution in [3.63, 3.8) is 0 Å². The zero-order valence-electron chi connectivity index (χ0n) is 14.5. The van der Waals surface area contributed by atoms with Gasteiger partial charge in [0.2, 0.25) is 0 Å². The molecule has 0 fully saturated rings. The fourth-order valence-electron chi connectivity index (χ4n) is 3.12. The SMILES string of the molecule is Oc1ccc([C@H]2COc3cc(CC[CH]c4ccccc4)ccc3O2)cc1. The summed E-state index contributed by atoms with van der Waals surface area (Å²) in [5.41, 5.74) is 3.49. The second-order valence-electron chi connectivity index (χ2n) is 6.44. The summed E-state index contributed by atoms with van der Waals surface area (Å²) in [6.45, 7) is 0.470. The Kier molecular flexibility index (Phi) is 4.78. The molecule has 0 aromatic heterocycles. The molecule has 0 unspecified atom stereocenters. The molecule has 1 N–H and O–H groups in total. The normalized spacial score (nSPS) is 15.6. The van der Waals surface area contributed by atoms with Crippen molar-refractivity contribution in [2.45, 2.75) is 18.9 Å². The highest BCUT2D eigenvalue weighted by molar-refractivity contribution is 5.45. The molecule has 1 heterocycles.